The zero-order valence-electron chi connectivity index (χ0n) is 8.35. The van der Waals surface area contributed by atoms with Crippen LogP contribution in [-0.4, -0.2) is 20.8 Å². The van der Waals surface area contributed by atoms with Crippen LogP contribution in [0.5, 0.6) is 0 Å². The van der Waals surface area contributed by atoms with Gasteiger partial charge in [-0.25, -0.2) is 0 Å². The van der Waals surface area contributed by atoms with Gasteiger partial charge < -0.3 is 0 Å². The predicted molar refractivity (Wildman–Crippen MR) is 54.3 cm³/mol. The Morgan fingerprint density at radius 2 is 2.14 bits per heavy atom. The molecule has 14 heavy (non-hydrogen) atoms. The fourth-order valence-corrected chi connectivity index (χ4v) is 3.94. The number of hydrogen-bond acceptors (Lipinski definition) is 3. The summed E-state index contributed by atoms with van der Waals surface area (Å²) in [6.45, 7) is 1.96. The van der Waals surface area contributed by atoms with E-state index < -0.39 is 10.1 Å². The van der Waals surface area contributed by atoms with Gasteiger partial charge in [0, 0.05) is 0 Å². The second-order valence-corrected chi connectivity index (χ2v) is 5.86. The number of allylic oxidation sites excluding steroid dienone is 2. The highest BCUT2D eigenvalue weighted by Gasteiger charge is 2.38. The average molecular weight is 216 g/mol. The van der Waals surface area contributed by atoms with Crippen LogP contribution in [0.15, 0.2) is 12.2 Å². The highest BCUT2D eigenvalue weighted by molar-refractivity contribution is 7.86. The molecule has 0 aliphatic heterocycles. The SMILES string of the molecule is CCOS(=O)(=O)CC1CC2C=CC1C2. The maximum absolute atomic E-state index is 11.4. The Morgan fingerprint density at radius 1 is 1.36 bits per heavy atom. The summed E-state index contributed by atoms with van der Waals surface area (Å²) in [5.74, 6) is 1.60. The highest BCUT2D eigenvalue weighted by Crippen LogP contribution is 2.43. The van der Waals surface area contributed by atoms with Crippen molar-refractivity contribution in [2.45, 2.75) is 19.8 Å². The van der Waals surface area contributed by atoms with Crippen molar-refractivity contribution >= 4 is 10.1 Å². The van der Waals surface area contributed by atoms with Crippen molar-refractivity contribution in [2.24, 2.45) is 17.8 Å². The van der Waals surface area contributed by atoms with E-state index >= 15 is 0 Å². The summed E-state index contributed by atoms with van der Waals surface area (Å²) in [6, 6.07) is 0. The summed E-state index contributed by atoms with van der Waals surface area (Å²) in [5, 5.41) is 0. The molecule has 2 aliphatic rings. The van der Waals surface area contributed by atoms with E-state index in [0.717, 1.165) is 12.8 Å². The minimum Gasteiger partial charge on any atom is -0.270 e. The summed E-state index contributed by atoms with van der Waals surface area (Å²) in [6.07, 6.45) is 6.55. The van der Waals surface area contributed by atoms with Gasteiger partial charge in [0.2, 0.25) is 0 Å². The summed E-state index contributed by atoms with van der Waals surface area (Å²) >= 11 is 0. The maximum atomic E-state index is 11.4. The van der Waals surface area contributed by atoms with E-state index in [1.807, 2.05) is 0 Å². The van der Waals surface area contributed by atoms with Crippen molar-refractivity contribution < 1.29 is 12.6 Å². The molecule has 4 heteroatoms. The molecule has 1 fully saturated rings. The molecule has 0 spiro atoms. The minimum absolute atomic E-state index is 0.201. The lowest BCUT2D eigenvalue weighted by Crippen LogP contribution is -2.21. The van der Waals surface area contributed by atoms with E-state index in [4.69, 9.17) is 4.18 Å². The third kappa shape index (κ3) is 2.01. The Labute approximate surface area is 85.3 Å². The molecule has 0 aromatic rings. The largest absolute Gasteiger partial charge is 0.270 e. The van der Waals surface area contributed by atoms with Crippen LogP contribution < -0.4 is 0 Å². The fraction of sp³-hybridized carbons (Fsp3) is 0.800. The van der Waals surface area contributed by atoms with Crippen LogP contribution in [0.25, 0.3) is 0 Å². The van der Waals surface area contributed by atoms with Crippen LogP contribution in [0.1, 0.15) is 19.8 Å². The lowest BCUT2D eigenvalue weighted by molar-refractivity contribution is 0.329. The van der Waals surface area contributed by atoms with E-state index in [-0.39, 0.29) is 12.4 Å². The van der Waals surface area contributed by atoms with E-state index in [1.165, 1.54) is 0 Å². The molecule has 1 saturated carbocycles. The van der Waals surface area contributed by atoms with E-state index in [1.54, 1.807) is 6.92 Å². The molecular formula is C10H16O3S. The first kappa shape index (κ1) is 10.2. The molecule has 0 aromatic carbocycles. The smallest absolute Gasteiger partial charge is 0.267 e. The van der Waals surface area contributed by atoms with Gasteiger partial charge in [-0.2, -0.15) is 8.42 Å². The van der Waals surface area contributed by atoms with Crippen LogP contribution >= 0.6 is 0 Å². The summed E-state index contributed by atoms with van der Waals surface area (Å²) in [5.41, 5.74) is 0. The van der Waals surface area contributed by atoms with Crippen LogP contribution in [0.4, 0.5) is 0 Å². The molecular weight excluding hydrogens is 200 g/mol. The second-order valence-electron chi connectivity index (χ2n) is 4.17. The van der Waals surface area contributed by atoms with Crippen LogP contribution in [-0.2, 0) is 14.3 Å². The highest BCUT2D eigenvalue weighted by atomic mass is 32.2. The standard InChI is InChI=1S/C10H16O3S/c1-2-13-14(11,12)7-10-6-8-3-4-9(10)5-8/h3-4,8-10H,2,5-7H2,1H3. The van der Waals surface area contributed by atoms with Crippen molar-refractivity contribution in [3.63, 3.8) is 0 Å². The Kier molecular flexibility index (Phi) is 2.66. The normalized spacial score (nSPS) is 35.4. The third-order valence-corrected chi connectivity index (χ3v) is 4.56. The molecule has 3 unspecified atom stereocenters. The Bertz CT molecular complexity index is 331. The minimum atomic E-state index is -3.27. The van der Waals surface area contributed by atoms with Gasteiger partial charge in [0.25, 0.3) is 10.1 Å². The molecule has 0 heterocycles. The summed E-state index contributed by atoms with van der Waals surface area (Å²) < 4.78 is 27.6. The zero-order chi connectivity index (χ0) is 10.2. The van der Waals surface area contributed by atoms with Crippen LogP contribution in [0.2, 0.25) is 0 Å². The monoisotopic (exact) mass is 216 g/mol. The van der Waals surface area contributed by atoms with Gasteiger partial charge in [-0.1, -0.05) is 12.2 Å². The van der Waals surface area contributed by atoms with Gasteiger partial charge in [-0.3, -0.25) is 4.18 Å². The first-order valence-electron chi connectivity index (χ1n) is 5.16. The number of fused-ring (bicyclic) bond motifs is 2. The van der Waals surface area contributed by atoms with E-state index in [9.17, 15) is 8.42 Å². The molecule has 0 saturated heterocycles. The Balaban J connectivity index is 1.96. The maximum Gasteiger partial charge on any atom is 0.267 e. The molecule has 0 aromatic heterocycles. The molecule has 0 N–H and O–H groups in total. The lowest BCUT2D eigenvalue weighted by Gasteiger charge is -2.17. The molecule has 80 valence electrons. The van der Waals surface area contributed by atoms with Crippen molar-refractivity contribution in [3.8, 4) is 0 Å². The number of rotatable bonds is 4. The van der Waals surface area contributed by atoms with Gasteiger partial charge in [-0.15, -0.1) is 0 Å². The topological polar surface area (TPSA) is 43.4 Å². The van der Waals surface area contributed by atoms with Crippen molar-refractivity contribution in [1.29, 1.82) is 0 Å². The molecule has 2 aliphatic carbocycles. The third-order valence-electron chi connectivity index (χ3n) is 3.13. The summed E-state index contributed by atoms with van der Waals surface area (Å²) in [4.78, 5) is 0. The molecule has 2 rings (SSSR count). The van der Waals surface area contributed by atoms with Gasteiger partial charge in [-0.05, 0) is 37.5 Å². The van der Waals surface area contributed by atoms with Crippen molar-refractivity contribution in [1.82, 2.24) is 0 Å². The van der Waals surface area contributed by atoms with Gasteiger partial charge in [0.15, 0.2) is 0 Å². The first-order valence-corrected chi connectivity index (χ1v) is 6.74. The van der Waals surface area contributed by atoms with Crippen LogP contribution in [0.3, 0.4) is 0 Å². The average Bonchev–Trinajstić information content (AvgIpc) is 2.63. The fourth-order valence-electron chi connectivity index (χ4n) is 2.58. The molecule has 3 nitrogen and oxygen atoms in total. The lowest BCUT2D eigenvalue weighted by atomic mass is 9.96. The molecule has 0 radical (unpaired) electrons. The molecule has 0 amide bonds. The van der Waals surface area contributed by atoms with Gasteiger partial charge in [0.1, 0.15) is 0 Å². The Hall–Kier alpha value is -0.350. The second kappa shape index (κ2) is 3.66. The van der Waals surface area contributed by atoms with Gasteiger partial charge >= 0.3 is 0 Å². The quantitative estimate of drug-likeness (QED) is 0.529. The molecule has 2 bridgehead atoms. The molecule has 3 atom stereocenters. The van der Waals surface area contributed by atoms with Gasteiger partial charge in [0.05, 0.1) is 12.4 Å². The van der Waals surface area contributed by atoms with Crippen molar-refractivity contribution in [3.05, 3.63) is 12.2 Å². The predicted octanol–water partition coefficient (Wildman–Crippen LogP) is 1.56. The Morgan fingerprint density at radius 3 is 2.64 bits per heavy atom. The van der Waals surface area contributed by atoms with E-state index in [2.05, 4.69) is 12.2 Å². The summed E-state index contributed by atoms with van der Waals surface area (Å²) in [7, 11) is -3.27. The zero-order valence-corrected chi connectivity index (χ0v) is 9.16. The van der Waals surface area contributed by atoms with E-state index in [0.29, 0.717) is 17.8 Å². The number of hydrogen-bond donors (Lipinski definition) is 0. The first-order chi connectivity index (χ1) is 6.61. The van der Waals surface area contributed by atoms with Crippen molar-refractivity contribution in [2.75, 3.05) is 12.4 Å². The van der Waals surface area contributed by atoms with Crippen LogP contribution in [0, 0.1) is 17.8 Å².